The number of thiophene rings is 2. The molecule has 0 saturated heterocycles. The predicted octanol–water partition coefficient (Wildman–Crippen LogP) is 4.76. The molecule has 96 valence electrons. The summed E-state index contributed by atoms with van der Waals surface area (Å²) in [5.74, 6) is -0.364. The summed E-state index contributed by atoms with van der Waals surface area (Å²) in [4.78, 5) is 13.1. The van der Waals surface area contributed by atoms with Gasteiger partial charge < -0.3 is 10.5 Å². The Morgan fingerprint density at radius 3 is 2.67 bits per heavy atom. The fraction of sp³-hybridized carbons (Fsp3) is 0.182. The van der Waals surface area contributed by atoms with E-state index < -0.39 is 0 Å². The molecule has 2 aromatic rings. The van der Waals surface area contributed by atoms with Crippen molar-refractivity contribution in [2.45, 2.75) is 6.92 Å². The first kappa shape index (κ1) is 14.0. The van der Waals surface area contributed by atoms with Gasteiger partial charge in [-0.15, -0.1) is 22.7 Å². The second kappa shape index (κ2) is 5.73. The van der Waals surface area contributed by atoms with Crippen LogP contribution >= 0.6 is 54.5 Å². The summed E-state index contributed by atoms with van der Waals surface area (Å²) in [6.07, 6.45) is 0. The van der Waals surface area contributed by atoms with Crippen LogP contribution in [0.5, 0.6) is 0 Å². The lowest BCUT2D eigenvalue weighted by Gasteiger charge is -1.98. The Bertz CT molecular complexity index is 592. The molecule has 0 aliphatic rings. The molecular weight excluding hydrogens is 402 g/mol. The summed E-state index contributed by atoms with van der Waals surface area (Å²) >= 11 is 9.85. The Hall–Kier alpha value is -0.370. The third-order valence-corrected chi connectivity index (χ3v) is 5.65. The third-order valence-electron chi connectivity index (χ3n) is 2.14. The summed E-state index contributed by atoms with van der Waals surface area (Å²) in [5.41, 5.74) is 7.34. The maximum atomic E-state index is 11.7. The molecule has 2 rings (SSSR count). The van der Waals surface area contributed by atoms with Crippen molar-refractivity contribution in [3.05, 3.63) is 24.6 Å². The summed E-state index contributed by atoms with van der Waals surface area (Å²) in [7, 11) is 0. The number of hydrogen-bond donors (Lipinski definition) is 1. The zero-order chi connectivity index (χ0) is 13.3. The molecule has 0 bridgehead atoms. The Kier molecular flexibility index (Phi) is 4.47. The van der Waals surface area contributed by atoms with E-state index in [1.54, 1.807) is 24.3 Å². The van der Waals surface area contributed by atoms with Gasteiger partial charge in [-0.3, -0.25) is 0 Å². The number of halogens is 2. The molecule has 0 spiro atoms. The van der Waals surface area contributed by atoms with E-state index in [2.05, 4.69) is 31.9 Å². The van der Waals surface area contributed by atoms with E-state index in [0.29, 0.717) is 17.2 Å². The first-order valence-electron chi connectivity index (χ1n) is 5.04. The SMILES string of the molecule is CCOC(=O)c1sc(-c2cc(Br)sc2Br)cc1N. The zero-order valence-electron chi connectivity index (χ0n) is 9.33. The third kappa shape index (κ3) is 2.79. The number of hydrogen-bond acceptors (Lipinski definition) is 5. The minimum atomic E-state index is -0.364. The van der Waals surface area contributed by atoms with E-state index in [9.17, 15) is 4.79 Å². The summed E-state index contributed by atoms with van der Waals surface area (Å²) < 4.78 is 6.99. The number of carbonyl (C=O) groups is 1. The van der Waals surface area contributed by atoms with Gasteiger partial charge in [-0.25, -0.2) is 4.79 Å². The van der Waals surface area contributed by atoms with Crippen molar-refractivity contribution >= 4 is 66.2 Å². The maximum Gasteiger partial charge on any atom is 0.350 e. The smallest absolute Gasteiger partial charge is 0.350 e. The Morgan fingerprint density at radius 1 is 1.39 bits per heavy atom. The largest absolute Gasteiger partial charge is 0.462 e. The Morgan fingerprint density at radius 2 is 2.11 bits per heavy atom. The number of esters is 1. The first-order chi connectivity index (χ1) is 8.52. The molecule has 0 aliphatic carbocycles. The van der Waals surface area contributed by atoms with Crippen molar-refractivity contribution in [3.8, 4) is 10.4 Å². The molecule has 7 heteroatoms. The van der Waals surface area contributed by atoms with Gasteiger partial charge in [-0.1, -0.05) is 0 Å². The number of nitrogens with two attached hydrogens (primary N) is 1. The molecule has 2 heterocycles. The van der Waals surface area contributed by atoms with Gasteiger partial charge in [0, 0.05) is 10.4 Å². The average molecular weight is 411 g/mol. The van der Waals surface area contributed by atoms with Crippen LogP contribution in [0, 0.1) is 0 Å². The molecule has 2 aromatic heterocycles. The van der Waals surface area contributed by atoms with Crippen molar-refractivity contribution in [1.82, 2.24) is 0 Å². The fourth-order valence-corrected chi connectivity index (χ4v) is 5.44. The molecule has 0 radical (unpaired) electrons. The van der Waals surface area contributed by atoms with E-state index in [0.717, 1.165) is 18.0 Å². The second-order valence-electron chi connectivity index (χ2n) is 3.35. The van der Waals surface area contributed by atoms with Gasteiger partial charge in [0.1, 0.15) is 4.88 Å². The number of anilines is 1. The van der Waals surface area contributed by atoms with Crippen molar-refractivity contribution in [3.63, 3.8) is 0 Å². The van der Waals surface area contributed by atoms with E-state index in [1.807, 2.05) is 6.07 Å². The molecule has 0 amide bonds. The highest BCUT2D eigenvalue weighted by Crippen LogP contribution is 2.43. The topological polar surface area (TPSA) is 52.3 Å². The Balaban J connectivity index is 2.40. The van der Waals surface area contributed by atoms with E-state index >= 15 is 0 Å². The lowest BCUT2D eigenvalue weighted by atomic mass is 10.2. The van der Waals surface area contributed by atoms with Gasteiger partial charge in [0.15, 0.2) is 0 Å². The molecule has 2 N–H and O–H groups in total. The van der Waals surface area contributed by atoms with Crippen LogP contribution in [0.2, 0.25) is 0 Å². The summed E-state index contributed by atoms with van der Waals surface area (Å²) in [5, 5.41) is 0. The van der Waals surface area contributed by atoms with Crippen molar-refractivity contribution in [2.24, 2.45) is 0 Å². The Labute approximate surface area is 129 Å². The van der Waals surface area contributed by atoms with Crippen LogP contribution in [0.25, 0.3) is 10.4 Å². The number of rotatable bonds is 3. The van der Waals surface area contributed by atoms with Gasteiger partial charge >= 0.3 is 5.97 Å². The molecular formula is C11H9Br2NO2S2. The van der Waals surface area contributed by atoms with Crippen molar-refractivity contribution < 1.29 is 9.53 Å². The van der Waals surface area contributed by atoms with E-state index in [1.165, 1.54) is 11.3 Å². The molecule has 0 saturated carbocycles. The number of carbonyl (C=O) groups excluding carboxylic acids is 1. The van der Waals surface area contributed by atoms with E-state index in [-0.39, 0.29) is 5.97 Å². The van der Waals surface area contributed by atoms with E-state index in [4.69, 9.17) is 10.5 Å². The predicted molar refractivity (Wildman–Crippen MR) is 83.4 cm³/mol. The van der Waals surface area contributed by atoms with Crippen LogP contribution < -0.4 is 5.73 Å². The second-order valence-corrected chi connectivity index (χ2v) is 8.16. The monoisotopic (exact) mass is 409 g/mol. The van der Waals surface area contributed by atoms with Crippen LogP contribution in [0.1, 0.15) is 16.6 Å². The lowest BCUT2D eigenvalue weighted by Crippen LogP contribution is -2.04. The quantitative estimate of drug-likeness (QED) is 0.742. The number of nitrogen functional groups attached to an aromatic ring is 1. The maximum absolute atomic E-state index is 11.7. The highest BCUT2D eigenvalue weighted by atomic mass is 79.9. The van der Waals surface area contributed by atoms with Crippen LogP contribution in [-0.4, -0.2) is 12.6 Å². The minimum absolute atomic E-state index is 0.346. The van der Waals surface area contributed by atoms with Crippen molar-refractivity contribution in [1.29, 1.82) is 0 Å². The minimum Gasteiger partial charge on any atom is -0.462 e. The molecule has 0 fully saturated rings. The molecule has 0 atom stereocenters. The average Bonchev–Trinajstić information content (AvgIpc) is 2.82. The summed E-state index contributed by atoms with van der Waals surface area (Å²) in [6, 6.07) is 3.80. The molecule has 0 aliphatic heterocycles. The standard InChI is InChI=1S/C11H9Br2NO2S2/c1-2-16-11(15)9-6(14)4-7(17-9)5-3-8(12)18-10(5)13/h3-4H,2,14H2,1H3. The highest BCUT2D eigenvalue weighted by Gasteiger charge is 2.18. The first-order valence-corrected chi connectivity index (χ1v) is 8.26. The van der Waals surface area contributed by atoms with Gasteiger partial charge in [0.05, 0.1) is 19.9 Å². The molecule has 0 aromatic carbocycles. The van der Waals surface area contributed by atoms with Crippen LogP contribution in [0.15, 0.2) is 19.7 Å². The molecule has 3 nitrogen and oxygen atoms in total. The van der Waals surface area contributed by atoms with Gasteiger partial charge in [0.25, 0.3) is 0 Å². The van der Waals surface area contributed by atoms with Gasteiger partial charge in [-0.2, -0.15) is 0 Å². The normalized spacial score (nSPS) is 10.6. The van der Waals surface area contributed by atoms with Crippen molar-refractivity contribution in [2.75, 3.05) is 12.3 Å². The van der Waals surface area contributed by atoms with Gasteiger partial charge in [0.2, 0.25) is 0 Å². The van der Waals surface area contributed by atoms with Gasteiger partial charge in [-0.05, 0) is 50.9 Å². The van der Waals surface area contributed by atoms with Crippen LogP contribution in [-0.2, 0) is 4.74 Å². The number of ether oxygens (including phenoxy) is 1. The fourth-order valence-electron chi connectivity index (χ4n) is 1.40. The summed E-state index contributed by atoms with van der Waals surface area (Å²) in [6.45, 7) is 2.12. The molecule has 18 heavy (non-hydrogen) atoms. The van der Waals surface area contributed by atoms with Crippen LogP contribution in [0.4, 0.5) is 5.69 Å². The van der Waals surface area contributed by atoms with Crippen LogP contribution in [0.3, 0.4) is 0 Å². The lowest BCUT2D eigenvalue weighted by molar-refractivity contribution is 0.0533. The highest BCUT2D eigenvalue weighted by molar-refractivity contribution is 9.12. The zero-order valence-corrected chi connectivity index (χ0v) is 14.1. The molecule has 0 unspecified atom stereocenters.